The smallest absolute Gasteiger partial charge is 0.276 e. The summed E-state index contributed by atoms with van der Waals surface area (Å²) < 4.78 is 5.16. The summed E-state index contributed by atoms with van der Waals surface area (Å²) in [6.45, 7) is 9.67. The van der Waals surface area contributed by atoms with Gasteiger partial charge in [-0.25, -0.2) is 15.0 Å². The number of guanidine groups is 1. The fourth-order valence-electron chi connectivity index (χ4n) is 2.37. The Hall–Kier alpha value is -3.95. The summed E-state index contributed by atoms with van der Waals surface area (Å²) in [7, 11) is 0. The van der Waals surface area contributed by atoms with E-state index in [-0.39, 0.29) is 5.96 Å². The number of aliphatic imine (C=N–C) groups is 3. The SMILES string of the molecule is C=NC(=N/C(=C\C)c1nc(C)no1)Nc1cncc(/C=C/C2=NCC(CC)=NO2)c1. The molecule has 3 heterocycles. The largest absolute Gasteiger partial charge is 0.337 e. The van der Waals surface area contributed by atoms with E-state index >= 15 is 0 Å². The van der Waals surface area contributed by atoms with Gasteiger partial charge >= 0.3 is 0 Å². The molecule has 10 nitrogen and oxygen atoms in total. The van der Waals surface area contributed by atoms with Gasteiger partial charge in [0.25, 0.3) is 5.89 Å². The van der Waals surface area contributed by atoms with Crippen molar-refractivity contribution < 1.29 is 9.36 Å². The molecule has 1 N–H and O–H groups in total. The lowest BCUT2D eigenvalue weighted by molar-refractivity contribution is 0.322. The fourth-order valence-corrected chi connectivity index (χ4v) is 2.37. The lowest BCUT2D eigenvalue weighted by Crippen LogP contribution is -2.12. The van der Waals surface area contributed by atoms with Crippen LogP contribution in [0.5, 0.6) is 0 Å². The molecule has 2 aromatic heterocycles. The van der Waals surface area contributed by atoms with Gasteiger partial charge in [0.1, 0.15) is 5.70 Å². The van der Waals surface area contributed by atoms with E-state index in [9.17, 15) is 0 Å². The number of nitrogens with one attached hydrogen (secondary N) is 1. The second-order valence-corrected chi connectivity index (χ2v) is 6.14. The first-order valence-corrected chi connectivity index (χ1v) is 9.31. The van der Waals surface area contributed by atoms with Gasteiger partial charge in [-0.1, -0.05) is 23.3 Å². The molecule has 0 saturated heterocycles. The van der Waals surface area contributed by atoms with Gasteiger partial charge in [-0.15, -0.1) is 0 Å². The molecule has 10 heteroatoms. The minimum Gasteiger partial charge on any atom is -0.337 e. The van der Waals surface area contributed by atoms with Crippen molar-refractivity contribution in [3.05, 3.63) is 47.9 Å². The first kappa shape index (κ1) is 20.8. The topological polar surface area (TPSA) is 123 Å². The minimum atomic E-state index is 0.267. The summed E-state index contributed by atoms with van der Waals surface area (Å²) in [6, 6.07) is 1.88. The third kappa shape index (κ3) is 5.53. The van der Waals surface area contributed by atoms with Gasteiger partial charge in [0, 0.05) is 12.3 Å². The molecule has 0 amide bonds. The van der Waals surface area contributed by atoms with Crippen molar-refractivity contribution in [2.24, 2.45) is 20.1 Å². The molecule has 0 aliphatic carbocycles. The standard InChI is InChI=1S/C20H22N8O2/c1-5-15-12-23-18(29-28-15)8-7-14-9-16(11-22-10-14)25-20(21-4)26-17(6-2)19-24-13(3)27-30-19/h6-11H,4-5,12H2,1-3H3,(H,25,26)/b8-7+,17-6-. The fraction of sp³-hybridized carbons (Fsp3) is 0.250. The molecule has 0 unspecified atom stereocenters. The monoisotopic (exact) mass is 406 g/mol. The number of allylic oxidation sites excluding steroid dienone is 1. The number of hydrogen-bond donors (Lipinski definition) is 1. The average Bonchev–Trinajstić information content (AvgIpc) is 3.21. The molecular weight excluding hydrogens is 384 g/mol. The molecule has 0 fully saturated rings. The maximum atomic E-state index is 5.26. The maximum absolute atomic E-state index is 5.26. The Bertz CT molecular complexity index is 1060. The summed E-state index contributed by atoms with van der Waals surface area (Å²) in [6.07, 6.45) is 9.50. The van der Waals surface area contributed by atoms with Crippen LogP contribution in [-0.4, -0.2) is 46.0 Å². The predicted molar refractivity (Wildman–Crippen MR) is 118 cm³/mol. The van der Waals surface area contributed by atoms with Crippen LogP contribution in [0.2, 0.25) is 0 Å². The van der Waals surface area contributed by atoms with E-state index in [2.05, 4.69) is 47.3 Å². The van der Waals surface area contributed by atoms with Crippen molar-refractivity contribution in [3.8, 4) is 0 Å². The van der Waals surface area contributed by atoms with Crippen LogP contribution in [0, 0.1) is 6.92 Å². The molecular formula is C20H22N8O2. The Morgan fingerprint density at radius 1 is 1.33 bits per heavy atom. The zero-order chi connectivity index (χ0) is 21.3. The highest BCUT2D eigenvalue weighted by Gasteiger charge is 2.10. The van der Waals surface area contributed by atoms with E-state index < -0.39 is 0 Å². The van der Waals surface area contributed by atoms with E-state index in [1.807, 2.05) is 26.0 Å². The highest BCUT2D eigenvalue weighted by molar-refractivity contribution is 6.00. The number of rotatable bonds is 6. The highest BCUT2D eigenvalue weighted by atomic mass is 16.6. The van der Waals surface area contributed by atoms with Crippen LogP contribution in [0.4, 0.5) is 5.69 Å². The molecule has 2 aromatic rings. The number of hydrogen-bond acceptors (Lipinski definition) is 8. The van der Waals surface area contributed by atoms with Gasteiger partial charge in [0.2, 0.25) is 11.9 Å². The van der Waals surface area contributed by atoms with Crippen molar-refractivity contribution in [2.75, 3.05) is 11.9 Å². The summed E-state index contributed by atoms with van der Waals surface area (Å²) >= 11 is 0. The quantitative estimate of drug-likeness (QED) is 0.578. The molecule has 0 atom stereocenters. The van der Waals surface area contributed by atoms with E-state index in [1.54, 1.807) is 31.5 Å². The summed E-state index contributed by atoms with van der Waals surface area (Å²) in [5.41, 5.74) is 2.91. The van der Waals surface area contributed by atoms with Crippen LogP contribution in [-0.2, 0) is 4.84 Å². The van der Waals surface area contributed by atoms with E-state index in [1.165, 1.54) is 0 Å². The molecule has 154 valence electrons. The van der Waals surface area contributed by atoms with Crippen molar-refractivity contribution in [3.63, 3.8) is 0 Å². The van der Waals surface area contributed by atoms with Crippen LogP contribution in [0.25, 0.3) is 11.8 Å². The molecule has 1 aliphatic heterocycles. The lowest BCUT2D eigenvalue weighted by Gasteiger charge is -2.08. The molecule has 0 aromatic carbocycles. The van der Waals surface area contributed by atoms with Gasteiger partial charge in [-0.2, -0.15) is 4.98 Å². The van der Waals surface area contributed by atoms with Gasteiger partial charge in [-0.05, 0) is 44.7 Å². The van der Waals surface area contributed by atoms with Gasteiger partial charge in [0.15, 0.2) is 5.82 Å². The zero-order valence-electron chi connectivity index (χ0n) is 17.0. The molecule has 0 saturated carbocycles. The van der Waals surface area contributed by atoms with Gasteiger partial charge in [0.05, 0.1) is 24.1 Å². The Balaban J connectivity index is 1.71. The average molecular weight is 406 g/mol. The summed E-state index contributed by atoms with van der Waals surface area (Å²) in [5.74, 6) is 1.54. The van der Waals surface area contributed by atoms with Gasteiger partial charge in [-0.3, -0.25) is 4.98 Å². The maximum Gasteiger partial charge on any atom is 0.276 e. The molecule has 0 spiro atoms. The van der Waals surface area contributed by atoms with Crippen LogP contribution in [0.3, 0.4) is 0 Å². The zero-order valence-corrected chi connectivity index (χ0v) is 17.0. The van der Waals surface area contributed by atoms with Crippen molar-refractivity contribution in [1.82, 2.24) is 15.1 Å². The van der Waals surface area contributed by atoms with Crippen LogP contribution < -0.4 is 5.32 Å². The number of aryl methyl sites for hydroxylation is 1. The Morgan fingerprint density at radius 2 is 2.20 bits per heavy atom. The molecule has 30 heavy (non-hydrogen) atoms. The van der Waals surface area contributed by atoms with E-state index in [4.69, 9.17) is 9.36 Å². The second-order valence-electron chi connectivity index (χ2n) is 6.14. The second kappa shape index (κ2) is 10.0. The number of anilines is 1. The van der Waals surface area contributed by atoms with E-state index in [0.717, 1.165) is 17.7 Å². The Labute approximate surface area is 173 Å². The lowest BCUT2D eigenvalue weighted by atomic mass is 10.2. The third-order valence-corrected chi connectivity index (χ3v) is 3.92. The van der Waals surface area contributed by atoms with Crippen molar-refractivity contribution >= 4 is 41.7 Å². The van der Waals surface area contributed by atoms with Crippen molar-refractivity contribution in [1.29, 1.82) is 0 Å². The van der Waals surface area contributed by atoms with Crippen LogP contribution >= 0.6 is 0 Å². The Morgan fingerprint density at radius 3 is 2.83 bits per heavy atom. The molecule has 1 aliphatic rings. The first-order valence-electron chi connectivity index (χ1n) is 9.31. The summed E-state index contributed by atoms with van der Waals surface area (Å²) in [4.78, 5) is 26.3. The molecule has 3 rings (SSSR count). The minimum absolute atomic E-state index is 0.267. The number of oxime groups is 1. The first-order chi connectivity index (χ1) is 14.6. The molecule has 0 radical (unpaired) electrons. The van der Waals surface area contributed by atoms with Crippen molar-refractivity contribution in [2.45, 2.75) is 27.2 Å². The number of pyridine rings is 1. The molecule has 0 bridgehead atoms. The predicted octanol–water partition coefficient (Wildman–Crippen LogP) is 3.51. The van der Waals surface area contributed by atoms with Crippen LogP contribution in [0.15, 0.2) is 55.3 Å². The van der Waals surface area contributed by atoms with E-state index in [0.29, 0.717) is 35.5 Å². The number of nitrogens with zero attached hydrogens (tertiary/aromatic N) is 7. The summed E-state index contributed by atoms with van der Waals surface area (Å²) in [5, 5.41) is 10.9. The normalized spacial score (nSPS) is 14.9. The third-order valence-electron chi connectivity index (χ3n) is 3.92. The van der Waals surface area contributed by atoms with Gasteiger partial charge < -0.3 is 14.7 Å². The van der Waals surface area contributed by atoms with Crippen LogP contribution in [0.1, 0.15) is 37.5 Å². The Kier molecular flexibility index (Phi) is 6.93. The number of aromatic nitrogens is 3. The highest BCUT2D eigenvalue weighted by Crippen LogP contribution is 2.16.